The van der Waals surface area contributed by atoms with E-state index >= 15 is 0 Å². The molecule has 2 aliphatic rings. The molecule has 0 spiro atoms. The van der Waals surface area contributed by atoms with Crippen molar-refractivity contribution in [2.24, 2.45) is 0 Å². The molecule has 1 N–H and O–H groups in total. The molecule has 0 atom stereocenters. The average Bonchev–Trinajstić information content (AvgIpc) is 2.73. The molecule has 0 saturated carbocycles. The largest absolute Gasteiger partial charge is 0.497 e. The minimum absolute atomic E-state index is 0.0211. The van der Waals surface area contributed by atoms with Gasteiger partial charge in [-0.15, -0.1) is 0 Å². The third-order valence-electron chi connectivity index (χ3n) is 5.26. The Kier molecular flexibility index (Phi) is 6.92. The van der Waals surface area contributed by atoms with Gasteiger partial charge in [-0.2, -0.15) is 0 Å². The molecule has 3 amide bonds. The van der Waals surface area contributed by atoms with E-state index in [0.29, 0.717) is 52.2 Å². The van der Waals surface area contributed by atoms with Crippen LogP contribution in [-0.2, 0) is 16.0 Å². The molecule has 2 heterocycles. The second-order valence-corrected chi connectivity index (χ2v) is 7.05. The molecule has 0 radical (unpaired) electrons. The first kappa shape index (κ1) is 19.5. The highest BCUT2D eigenvalue weighted by atomic mass is 16.5. The Bertz CT molecular complexity index is 621. The molecule has 0 aliphatic carbocycles. The van der Waals surface area contributed by atoms with Crippen molar-refractivity contribution in [2.75, 3.05) is 46.5 Å². The fraction of sp³-hybridized carbons (Fsp3) is 0.600. The van der Waals surface area contributed by atoms with Crippen molar-refractivity contribution < 1.29 is 19.1 Å². The fourth-order valence-electron chi connectivity index (χ4n) is 3.47. The molecular formula is C20H29N3O4. The highest BCUT2D eigenvalue weighted by Gasteiger charge is 2.25. The van der Waals surface area contributed by atoms with Gasteiger partial charge in [0.05, 0.1) is 7.11 Å². The van der Waals surface area contributed by atoms with Gasteiger partial charge in [0, 0.05) is 51.9 Å². The normalized spacial score (nSPS) is 18.3. The summed E-state index contributed by atoms with van der Waals surface area (Å²) in [6.07, 6.45) is 2.94. The third-order valence-corrected chi connectivity index (χ3v) is 5.26. The maximum Gasteiger partial charge on any atom is 0.317 e. The standard InChI is InChI=1S/C20H29N3O4/c1-26-18-5-2-16(3-6-18)4-7-19(24)22-10-12-23(13-11-22)20(25)21-17-8-14-27-15-9-17/h2-3,5-6,17H,4,7-15H2,1H3,(H,21,25). The van der Waals surface area contributed by atoms with Crippen molar-refractivity contribution in [3.05, 3.63) is 29.8 Å². The smallest absolute Gasteiger partial charge is 0.317 e. The van der Waals surface area contributed by atoms with E-state index in [4.69, 9.17) is 9.47 Å². The van der Waals surface area contributed by atoms with Gasteiger partial charge in [0.15, 0.2) is 0 Å². The number of methoxy groups -OCH3 is 1. The summed E-state index contributed by atoms with van der Waals surface area (Å²) < 4.78 is 10.5. The lowest BCUT2D eigenvalue weighted by Gasteiger charge is -2.36. The van der Waals surface area contributed by atoms with Crippen molar-refractivity contribution >= 4 is 11.9 Å². The number of aryl methyl sites for hydroxylation is 1. The molecule has 2 fully saturated rings. The average molecular weight is 375 g/mol. The van der Waals surface area contributed by atoms with Crippen LogP contribution in [0.5, 0.6) is 5.75 Å². The predicted octanol–water partition coefficient (Wildman–Crippen LogP) is 1.66. The van der Waals surface area contributed by atoms with E-state index < -0.39 is 0 Å². The zero-order valence-electron chi connectivity index (χ0n) is 16.0. The summed E-state index contributed by atoms with van der Waals surface area (Å²) >= 11 is 0. The van der Waals surface area contributed by atoms with Crippen molar-refractivity contribution in [3.8, 4) is 5.75 Å². The van der Waals surface area contributed by atoms with Crippen LogP contribution in [-0.4, -0.2) is 74.3 Å². The van der Waals surface area contributed by atoms with Gasteiger partial charge >= 0.3 is 6.03 Å². The Balaban J connectivity index is 1.38. The zero-order valence-corrected chi connectivity index (χ0v) is 16.0. The Morgan fingerprint density at radius 2 is 1.70 bits per heavy atom. The van der Waals surface area contributed by atoms with Crippen molar-refractivity contribution in [1.82, 2.24) is 15.1 Å². The zero-order chi connectivity index (χ0) is 19.1. The van der Waals surface area contributed by atoms with Crippen LogP contribution in [0.1, 0.15) is 24.8 Å². The molecule has 7 heteroatoms. The van der Waals surface area contributed by atoms with Crippen molar-refractivity contribution in [2.45, 2.75) is 31.7 Å². The van der Waals surface area contributed by atoms with Gasteiger partial charge in [0.1, 0.15) is 5.75 Å². The number of nitrogens with one attached hydrogen (secondary N) is 1. The molecule has 2 saturated heterocycles. The lowest BCUT2D eigenvalue weighted by Crippen LogP contribution is -2.55. The molecule has 2 aliphatic heterocycles. The summed E-state index contributed by atoms with van der Waals surface area (Å²) in [6, 6.07) is 7.99. The molecule has 27 heavy (non-hydrogen) atoms. The summed E-state index contributed by atoms with van der Waals surface area (Å²) in [5, 5.41) is 3.08. The number of nitrogens with zero attached hydrogens (tertiary/aromatic N) is 2. The van der Waals surface area contributed by atoms with Crippen LogP contribution in [0.4, 0.5) is 4.79 Å². The van der Waals surface area contributed by atoms with Gasteiger partial charge in [-0.05, 0) is 37.0 Å². The summed E-state index contributed by atoms with van der Waals surface area (Å²) in [5.74, 6) is 0.968. The first-order valence-electron chi connectivity index (χ1n) is 9.69. The number of carbonyl (C=O) groups excluding carboxylic acids is 2. The van der Waals surface area contributed by atoms with Gasteiger partial charge in [-0.25, -0.2) is 4.79 Å². The van der Waals surface area contributed by atoms with Crippen LogP contribution < -0.4 is 10.1 Å². The maximum absolute atomic E-state index is 12.5. The van der Waals surface area contributed by atoms with Gasteiger partial charge in [0.25, 0.3) is 0 Å². The van der Waals surface area contributed by atoms with E-state index in [0.717, 1.165) is 24.2 Å². The number of hydrogen-bond acceptors (Lipinski definition) is 4. The van der Waals surface area contributed by atoms with E-state index in [2.05, 4.69) is 5.32 Å². The minimum Gasteiger partial charge on any atom is -0.497 e. The molecular weight excluding hydrogens is 346 g/mol. The van der Waals surface area contributed by atoms with Crippen LogP contribution in [0.2, 0.25) is 0 Å². The SMILES string of the molecule is COc1ccc(CCC(=O)N2CCN(C(=O)NC3CCOCC3)CC2)cc1. The summed E-state index contributed by atoms with van der Waals surface area (Å²) in [7, 11) is 1.64. The lowest BCUT2D eigenvalue weighted by molar-refractivity contribution is -0.132. The number of hydrogen-bond donors (Lipinski definition) is 1. The molecule has 0 aromatic heterocycles. The predicted molar refractivity (Wildman–Crippen MR) is 102 cm³/mol. The van der Waals surface area contributed by atoms with Crippen LogP contribution in [0.15, 0.2) is 24.3 Å². The first-order valence-corrected chi connectivity index (χ1v) is 9.69. The third kappa shape index (κ3) is 5.60. The van der Waals surface area contributed by atoms with E-state index in [1.54, 1.807) is 7.11 Å². The number of ether oxygens (including phenoxy) is 2. The van der Waals surface area contributed by atoms with E-state index in [9.17, 15) is 9.59 Å². The molecule has 7 nitrogen and oxygen atoms in total. The Labute approximate surface area is 160 Å². The van der Waals surface area contributed by atoms with Gasteiger partial charge in [-0.3, -0.25) is 4.79 Å². The van der Waals surface area contributed by atoms with Crippen molar-refractivity contribution in [3.63, 3.8) is 0 Å². The Hall–Kier alpha value is -2.28. The quantitative estimate of drug-likeness (QED) is 0.850. The molecule has 3 rings (SSSR count). The lowest BCUT2D eigenvalue weighted by atomic mass is 10.1. The molecule has 1 aromatic carbocycles. The van der Waals surface area contributed by atoms with Gasteiger partial charge in [0.2, 0.25) is 5.91 Å². The second kappa shape index (κ2) is 9.60. The van der Waals surface area contributed by atoms with Gasteiger partial charge < -0.3 is 24.6 Å². The number of amides is 3. The van der Waals surface area contributed by atoms with Crippen LogP contribution in [0, 0.1) is 0 Å². The topological polar surface area (TPSA) is 71.1 Å². The number of piperazine rings is 1. The molecule has 0 unspecified atom stereocenters. The summed E-state index contributed by atoms with van der Waals surface area (Å²) in [5.41, 5.74) is 1.12. The van der Waals surface area contributed by atoms with E-state index in [1.807, 2.05) is 34.1 Å². The first-order chi connectivity index (χ1) is 13.2. The van der Waals surface area contributed by atoms with E-state index in [1.165, 1.54) is 0 Å². The second-order valence-electron chi connectivity index (χ2n) is 7.05. The highest BCUT2D eigenvalue weighted by Crippen LogP contribution is 2.14. The fourth-order valence-corrected chi connectivity index (χ4v) is 3.47. The minimum atomic E-state index is -0.0211. The Morgan fingerprint density at radius 3 is 2.33 bits per heavy atom. The molecule has 1 aromatic rings. The van der Waals surface area contributed by atoms with E-state index in [-0.39, 0.29) is 18.0 Å². The molecule has 148 valence electrons. The number of rotatable bonds is 5. The maximum atomic E-state index is 12.5. The molecule has 0 bridgehead atoms. The highest BCUT2D eigenvalue weighted by molar-refractivity contribution is 5.78. The Morgan fingerprint density at radius 1 is 1.07 bits per heavy atom. The monoisotopic (exact) mass is 375 g/mol. The van der Waals surface area contributed by atoms with Crippen LogP contribution >= 0.6 is 0 Å². The van der Waals surface area contributed by atoms with Crippen LogP contribution in [0.3, 0.4) is 0 Å². The summed E-state index contributed by atoms with van der Waals surface area (Å²) in [4.78, 5) is 28.5. The van der Waals surface area contributed by atoms with Gasteiger partial charge in [-0.1, -0.05) is 12.1 Å². The van der Waals surface area contributed by atoms with Crippen molar-refractivity contribution in [1.29, 1.82) is 0 Å². The van der Waals surface area contributed by atoms with Crippen LogP contribution in [0.25, 0.3) is 0 Å². The number of urea groups is 1. The summed E-state index contributed by atoms with van der Waals surface area (Å²) in [6.45, 7) is 3.79. The number of carbonyl (C=O) groups is 2. The number of benzene rings is 1.